The fourth-order valence-electron chi connectivity index (χ4n) is 1.74. The zero-order valence-corrected chi connectivity index (χ0v) is 10.5. The molecule has 0 radical (unpaired) electrons. The minimum Gasteiger partial charge on any atom is -0.461 e. The summed E-state index contributed by atoms with van der Waals surface area (Å²) >= 11 is 6.04. The first-order valence-corrected chi connectivity index (χ1v) is 6.02. The van der Waals surface area contributed by atoms with Crippen LogP contribution in [0.15, 0.2) is 57.8 Å². The predicted molar refractivity (Wildman–Crippen MR) is 72.8 cm³/mol. The molecular weight excluding hydrogens is 264 g/mol. The number of hydrogen-bond donors (Lipinski definition) is 1. The summed E-state index contributed by atoms with van der Waals surface area (Å²) in [6, 6.07) is 10.7. The molecule has 3 rings (SSSR count). The van der Waals surface area contributed by atoms with Gasteiger partial charge in [-0.15, -0.1) is 0 Å². The SMILES string of the molecule is O=C1NC(c2ccco2)=N/C1=C\c1ccccc1Cl. The highest BCUT2D eigenvalue weighted by Gasteiger charge is 2.22. The molecular formula is C14H9ClN2O2. The Morgan fingerprint density at radius 1 is 1.21 bits per heavy atom. The van der Waals surface area contributed by atoms with Gasteiger partial charge in [0, 0.05) is 5.02 Å². The van der Waals surface area contributed by atoms with E-state index in [9.17, 15) is 4.79 Å². The van der Waals surface area contributed by atoms with Gasteiger partial charge < -0.3 is 9.73 Å². The van der Waals surface area contributed by atoms with Gasteiger partial charge in [0.05, 0.1) is 6.26 Å². The molecule has 4 nitrogen and oxygen atoms in total. The molecule has 0 unspecified atom stereocenters. The van der Waals surface area contributed by atoms with Crippen molar-refractivity contribution in [1.29, 1.82) is 0 Å². The third-order valence-electron chi connectivity index (χ3n) is 2.65. The van der Waals surface area contributed by atoms with Gasteiger partial charge in [-0.05, 0) is 29.8 Å². The summed E-state index contributed by atoms with van der Waals surface area (Å²) in [7, 11) is 0. The van der Waals surface area contributed by atoms with E-state index in [1.54, 1.807) is 24.3 Å². The summed E-state index contributed by atoms with van der Waals surface area (Å²) in [5, 5.41) is 3.23. The first-order valence-electron chi connectivity index (χ1n) is 5.64. The maximum absolute atomic E-state index is 11.8. The van der Waals surface area contributed by atoms with Crippen molar-refractivity contribution in [2.75, 3.05) is 0 Å². The second kappa shape index (κ2) is 4.74. The quantitative estimate of drug-likeness (QED) is 0.855. The Labute approximate surface area is 114 Å². The predicted octanol–water partition coefficient (Wildman–Crippen LogP) is 2.85. The standard InChI is InChI=1S/C14H9ClN2O2/c15-10-5-2-1-4-9(10)8-11-14(18)17-13(16-11)12-6-3-7-19-12/h1-8H,(H,16,17,18)/b11-8-. The first kappa shape index (κ1) is 11.7. The second-order valence-corrected chi connectivity index (χ2v) is 4.35. The van der Waals surface area contributed by atoms with Crippen LogP contribution in [0.3, 0.4) is 0 Å². The highest BCUT2D eigenvalue weighted by atomic mass is 35.5. The lowest BCUT2D eigenvalue weighted by Crippen LogP contribution is -2.24. The van der Waals surface area contributed by atoms with E-state index >= 15 is 0 Å². The molecule has 0 saturated carbocycles. The largest absolute Gasteiger partial charge is 0.461 e. The zero-order chi connectivity index (χ0) is 13.2. The number of furan rings is 1. The molecule has 1 aromatic heterocycles. The molecule has 0 bridgehead atoms. The van der Waals surface area contributed by atoms with E-state index < -0.39 is 0 Å². The van der Waals surface area contributed by atoms with Crippen LogP contribution in [0, 0.1) is 0 Å². The number of rotatable bonds is 2. The van der Waals surface area contributed by atoms with Crippen LogP contribution in [0.4, 0.5) is 0 Å². The highest BCUT2D eigenvalue weighted by molar-refractivity contribution is 6.32. The minimum absolute atomic E-state index is 0.272. The lowest BCUT2D eigenvalue weighted by atomic mass is 10.2. The summed E-state index contributed by atoms with van der Waals surface area (Å²) in [6.45, 7) is 0. The summed E-state index contributed by atoms with van der Waals surface area (Å²) in [6.07, 6.45) is 3.17. The molecule has 1 aliphatic rings. The Bertz CT molecular complexity index is 687. The van der Waals surface area contributed by atoms with Crippen LogP contribution in [0.1, 0.15) is 11.3 Å². The van der Waals surface area contributed by atoms with Crippen LogP contribution < -0.4 is 5.32 Å². The van der Waals surface area contributed by atoms with E-state index in [-0.39, 0.29) is 5.91 Å². The third kappa shape index (κ3) is 2.30. The summed E-state index contributed by atoms with van der Waals surface area (Å²) in [5.41, 5.74) is 1.05. The smallest absolute Gasteiger partial charge is 0.275 e. The van der Waals surface area contributed by atoms with E-state index in [1.807, 2.05) is 18.2 Å². The number of aliphatic imine (C=N–C) groups is 1. The van der Waals surface area contributed by atoms with E-state index in [0.29, 0.717) is 22.3 Å². The van der Waals surface area contributed by atoms with Gasteiger partial charge >= 0.3 is 0 Å². The van der Waals surface area contributed by atoms with Gasteiger partial charge in [-0.1, -0.05) is 29.8 Å². The molecule has 2 aromatic rings. The van der Waals surface area contributed by atoms with E-state index in [1.165, 1.54) is 6.26 Å². The average Bonchev–Trinajstić information content (AvgIpc) is 3.02. The van der Waals surface area contributed by atoms with Gasteiger partial charge in [0.25, 0.3) is 5.91 Å². The Kier molecular flexibility index (Phi) is 2.93. The summed E-state index contributed by atoms with van der Waals surface area (Å²) < 4.78 is 5.19. The Morgan fingerprint density at radius 3 is 2.79 bits per heavy atom. The summed E-state index contributed by atoms with van der Waals surface area (Å²) in [4.78, 5) is 16.0. The third-order valence-corrected chi connectivity index (χ3v) is 2.99. The maximum Gasteiger partial charge on any atom is 0.275 e. The molecule has 1 aliphatic heterocycles. The Hall–Kier alpha value is -2.33. The van der Waals surface area contributed by atoms with Crippen molar-refractivity contribution in [3.63, 3.8) is 0 Å². The average molecular weight is 273 g/mol. The van der Waals surface area contributed by atoms with Gasteiger partial charge in [0.15, 0.2) is 11.6 Å². The van der Waals surface area contributed by atoms with E-state index in [4.69, 9.17) is 16.0 Å². The van der Waals surface area contributed by atoms with Gasteiger partial charge in [-0.3, -0.25) is 4.79 Å². The fraction of sp³-hybridized carbons (Fsp3) is 0. The van der Waals surface area contributed by atoms with Crippen LogP contribution in [-0.2, 0) is 4.79 Å². The van der Waals surface area contributed by atoms with Gasteiger partial charge in [-0.25, -0.2) is 4.99 Å². The number of amides is 1. The maximum atomic E-state index is 11.8. The van der Waals surface area contributed by atoms with Gasteiger partial charge in [0.2, 0.25) is 0 Å². The molecule has 1 aromatic carbocycles. The molecule has 19 heavy (non-hydrogen) atoms. The van der Waals surface area contributed by atoms with Crippen molar-refractivity contribution in [3.05, 3.63) is 64.7 Å². The number of halogens is 1. The van der Waals surface area contributed by atoms with Crippen LogP contribution in [0.5, 0.6) is 0 Å². The molecule has 1 amide bonds. The Morgan fingerprint density at radius 2 is 2.05 bits per heavy atom. The topological polar surface area (TPSA) is 54.6 Å². The Balaban J connectivity index is 1.98. The molecule has 94 valence electrons. The van der Waals surface area contributed by atoms with Crippen LogP contribution in [-0.4, -0.2) is 11.7 Å². The fourth-order valence-corrected chi connectivity index (χ4v) is 1.93. The molecule has 1 N–H and O–H groups in total. The van der Waals surface area contributed by atoms with Crippen LogP contribution in [0.2, 0.25) is 5.02 Å². The number of hydrogen-bond acceptors (Lipinski definition) is 3. The van der Waals surface area contributed by atoms with Crippen molar-refractivity contribution in [2.24, 2.45) is 4.99 Å². The van der Waals surface area contributed by atoms with E-state index in [0.717, 1.165) is 5.56 Å². The molecule has 0 saturated heterocycles. The van der Waals surface area contributed by atoms with Crippen molar-refractivity contribution in [2.45, 2.75) is 0 Å². The van der Waals surface area contributed by atoms with E-state index in [2.05, 4.69) is 10.3 Å². The first-order chi connectivity index (χ1) is 9.24. The molecule has 0 aliphatic carbocycles. The zero-order valence-electron chi connectivity index (χ0n) is 9.76. The number of amidine groups is 1. The number of nitrogens with one attached hydrogen (secondary N) is 1. The number of nitrogens with zero attached hydrogens (tertiary/aromatic N) is 1. The molecule has 0 spiro atoms. The molecule has 2 heterocycles. The highest BCUT2D eigenvalue weighted by Crippen LogP contribution is 2.20. The monoisotopic (exact) mass is 272 g/mol. The normalized spacial score (nSPS) is 16.6. The van der Waals surface area contributed by atoms with Crippen molar-refractivity contribution < 1.29 is 9.21 Å². The lowest BCUT2D eigenvalue weighted by Gasteiger charge is -1.97. The van der Waals surface area contributed by atoms with Gasteiger partial charge in [-0.2, -0.15) is 0 Å². The number of benzene rings is 1. The molecule has 0 fully saturated rings. The van der Waals surface area contributed by atoms with Crippen LogP contribution in [0.25, 0.3) is 6.08 Å². The van der Waals surface area contributed by atoms with Crippen LogP contribution >= 0.6 is 11.6 Å². The minimum atomic E-state index is -0.272. The molecule has 5 heteroatoms. The lowest BCUT2D eigenvalue weighted by molar-refractivity contribution is -0.115. The van der Waals surface area contributed by atoms with Crippen molar-refractivity contribution in [3.8, 4) is 0 Å². The summed E-state index contributed by atoms with van der Waals surface area (Å²) in [5.74, 6) is 0.663. The second-order valence-electron chi connectivity index (χ2n) is 3.94. The molecule has 0 atom stereocenters. The number of carbonyl (C=O) groups excluding carboxylic acids is 1. The van der Waals surface area contributed by atoms with Crippen molar-refractivity contribution in [1.82, 2.24) is 5.32 Å². The van der Waals surface area contributed by atoms with Gasteiger partial charge in [0.1, 0.15) is 5.70 Å². The van der Waals surface area contributed by atoms with Crippen molar-refractivity contribution >= 4 is 29.4 Å². The number of carbonyl (C=O) groups is 1.